The maximum absolute atomic E-state index is 5.17. The standard InChI is InChI=1S/C55H46N2/c1-54(2)46-21-11-10-19-43(46)44-33-49-45(34-48(44)54)52-42(20-14-22-47(52)55(49)31-12-5-13-32-55)38-25-29-40(30-26-38)51-35-50(56-53(57-51)41-17-8-4-9-18-41)39-27-23-37(24-28-39)36-15-6-3-7-16-36/h3-4,6-11,14-30,33-35,44,48H,5,12-13,31-32H2,1-2H3. The van der Waals surface area contributed by atoms with Crippen molar-refractivity contribution in [3.8, 4) is 56.2 Å². The first-order valence-corrected chi connectivity index (χ1v) is 20.9. The number of benzene rings is 6. The Hall–Kier alpha value is -6.12. The Morgan fingerprint density at radius 1 is 0.491 bits per heavy atom. The van der Waals surface area contributed by atoms with Crippen LogP contribution in [0.25, 0.3) is 61.7 Å². The smallest absolute Gasteiger partial charge is 0.160 e. The highest BCUT2D eigenvalue weighted by Crippen LogP contribution is 2.64. The van der Waals surface area contributed by atoms with Gasteiger partial charge >= 0.3 is 0 Å². The van der Waals surface area contributed by atoms with Gasteiger partial charge in [0, 0.05) is 28.0 Å². The van der Waals surface area contributed by atoms with E-state index >= 15 is 0 Å². The second-order valence-electron chi connectivity index (χ2n) is 17.2. The van der Waals surface area contributed by atoms with E-state index in [-0.39, 0.29) is 10.8 Å². The van der Waals surface area contributed by atoms with Gasteiger partial charge in [0.15, 0.2) is 5.82 Å². The van der Waals surface area contributed by atoms with Gasteiger partial charge in [0.2, 0.25) is 0 Å². The highest BCUT2D eigenvalue weighted by atomic mass is 14.9. The van der Waals surface area contributed by atoms with E-state index in [1.807, 2.05) is 6.07 Å². The van der Waals surface area contributed by atoms with Gasteiger partial charge in [0.1, 0.15) is 0 Å². The van der Waals surface area contributed by atoms with E-state index in [9.17, 15) is 0 Å². The summed E-state index contributed by atoms with van der Waals surface area (Å²) in [5.41, 5.74) is 19.4. The summed E-state index contributed by atoms with van der Waals surface area (Å²) >= 11 is 0. The Balaban J connectivity index is 0.999. The highest BCUT2D eigenvalue weighted by molar-refractivity contribution is 5.98. The third-order valence-electron chi connectivity index (χ3n) is 13.8. The lowest BCUT2D eigenvalue weighted by molar-refractivity contribution is 0.345. The Morgan fingerprint density at radius 2 is 1.05 bits per heavy atom. The molecule has 0 amide bonds. The second-order valence-corrected chi connectivity index (χ2v) is 17.2. The van der Waals surface area contributed by atoms with Crippen molar-refractivity contribution in [1.82, 2.24) is 9.97 Å². The molecule has 4 aliphatic rings. The molecule has 2 unspecified atom stereocenters. The normalized spacial score (nSPS) is 19.5. The van der Waals surface area contributed by atoms with Crippen molar-refractivity contribution in [2.75, 3.05) is 0 Å². The van der Waals surface area contributed by atoms with E-state index in [0.29, 0.717) is 11.8 Å². The van der Waals surface area contributed by atoms with Gasteiger partial charge in [0.25, 0.3) is 0 Å². The summed E-state index contributed by atoms with van der Waals surface area (Å²) in [7, 11) is 0. The summed E-state index contributed by atoms with van der Waals surface area (Å²) in [6.45, 7) is 4.93. The average molecular weight is 735 g/mol. The summed E-state index contributed by atoms with van der Waals surface area (Å²) in [4.78, 5) is 10.3. The number of hydrogen-bond acceptors (Lipinski definition) is 2. The number of fused-ring (bicyclic) bond motifs is 8. The Labute approximate surface area is 336 Å². The molecule has 0 saturated heterocycles. The van der Waals surface area contributed by atoms with Crippen LogP contribution in [0, 0.1) is 5.92 Å². The molecule has 1 heterocycles. The molecule has 0 aliphatic heterocycles. The molecule has 4 aliphatic carbocycles. The van der Waals surface area contributed by atoms with Gasteiger partial charge in [-0.15, -0.1) is 0 Å². The number of hydrogen-bond donors (Lipinski definition) is 0. The van der Waals surface area contributed by atoms with Crippen molar-refractivity contribution in [1.29, 1.82) is 0 Å². The zero-order valence-corrected chi connectivity index (χ0v) is 32.8. The summed E-state index contributed by atoms with van der Waals surface area (Å²) in [6.07, 6.45) is 11.8. The SMILES string of the molecule is CC1(C)c2ccccc2C2C=C3C(=CC21)c1c(-c2ccc(-c4cc(-c5ccc(-c6ccccc6)cc5)nc(-c5ccccc5)n4)cc2)cccc1C31CCCCC1. The van der Waals surface area contributed by atoms with Crippen LogP contribution in [-0.4, -0.2) is 9.97 Å². The largest absolute Gasteiger partial charge is 0.228 e. The minimum atomic E-state index is 0.0777. The third-order valence-corrected chi connectivity index (χ3v) is 13.8. The molecule has 2 nitrogen and oxygen atoms in total. The van der Waals surface area contributed by atoms with E-state index in [2.05, 4.69) is 178 Å². The van der Waals surface area contributed by atoms with E-state index in [0.717, 1.165) is 33.9 Å². The number of allylic oxidation sites excluding steroid dienone is 4. The van der Waals surface area contributed by atoms with E-state index in [4.69, 9.17) is 9.97 Å². The molecule has 2 atom stereocenters. The number of rotatable bonds is 5. The Kier molecular flexibility index (Phi) is 7.93. The van der Waals surface area contributed by atoms with Gasteiger partial charge in [-0.25, -0.2) is 9.97 Å². The van der Waals surface area contributed by atoms with Crippen molar-refractivity contribution in [3.05, 3.63) is 198 Å². The van der Waals surface area contributed by atoms with E-state index in [1.165, 1.54) is 76.6 Å². The molecule has 57 heavy (non-hydrogen) atoms. The maximum Gasteiger partial charge on any atom is 0.160 e. The predicted octanol–water partition coefficient (Wildman–Crippen LogP) is 14.0. The molecule has 2 heteroatoms. The first kappa shape index (κ1) is 34.2. The molecule has 0 radical (unpaired) electrons. The lowest BCUT2D eigenvalue weighted by Gasteiger charge is -2.39. The Morgan fingerprint density at radius 3 is 1.74 bits per heavy atom. The first-order chi connectivity index (χ1) is 28.0. The molecule has 1 saturated carbocycles. The third kappa shape index (κ3) is 5.45. The summed E-state index contributed by atoms with van der Waals surface area (Å²) in [6, 6.07) is 57.3. The van der Waals surface area contributed by atoms with Crippen LogP contribution >= 0.6 is 0 Å². The van der Waals surface area contributed by atoms with E-state index in [1.54, 1.807) is 11.1 Å². The molecule has 6 aromatic carbocycles. The van der Waals surface area contributed by atoms with Crippen molar-refractivity contribution < 1.29 is 0 Å². The Bertz CT molecular complexity index is 2710. The molecule has 276 valence electrons. The zero-order valence-electron chi connectivity index (χ0n) is 32.8. The fraction of sp³-hybridized carbons (Fsp3) is 0.200. The van der Waals surface area contributed by atoms with Crippen LogP contribution in [0.5, 0.6) is 0 Å². The highest BCUT2D eigenvalue weighted by Gasteiger charge is 2.52. The minimum Gasteiger partial charge on any atom is -0.228 e. The summed E-state index contributed by atoms with van der Waals surface area (Å²) < 4.78 is 0. The van der Waals surface area contributed by atoms with Gasteiger partial charge in [0.05, 0.1) is 11.4 Å². The molecule has 1 fully saturated rings. The van der Waals surface area contributed by atoms with E-state index < -0.39 is 0 Å². The van der Waals surface area contributed by atoms with Crippen LogP contribution in [0.1, 0.15) is 74.1 Å². The maximum atomic E-state index is 5.17. The van der Waals surface area contributed by atoms with Crippen LogP contribution in [0.2, 0.25) is 0 Å². The van der Waals surface area contributed by atoms with Crippen LogP contribution in [0.4, 0.5) is 0 Å². The zero-order chi connectivity index (χ0) is 38.1. The molecule has 7 aromatic rings. The molecule has 1 aromatic heterocycles. The van der Waals surface area contributed by atoms with Crippen LogP contribution < -0.4 is 0 Å². The van der Waals surface area contributed by atoms with Gasteiger partial charge in [-0.2, -0.15) is 0 Å². The lowest BCUT2D eigenvalue weighted by Crippen LogP contribution is -2.31. The monoisotopic (exact) mass is 734 g/mol. The van der Waals surface area contributed by atoms with Gasteiger partial charge < -0.3 is 0 Å². The molecule has 0 N–H and O–H groups in total. The average Bonchev–Trinajstić information content (AvgIpc) is 3.67. The fourth-order valence-corrected chi connectivity index (χ4v) is 10.9. The molecular formula is C55H46N2. The number of aromatic nitrogens is 2. The van der Waals surface area contributed by atoms with Crippen molar-refractivity contribution >= 4 is 5.57 Å². The molecule has 1 spiro atoms. The lowest BCUT2D eigenvalue weighted by atomic mass is 9.64. The first-order valence-electron chi connectivity index (χ1n) is 20.9. The van der Waals surface area contributed by atoms with Crippen LogP contribution in [-0.2, 0) is 10.8 Å². The van der Waals surface area contributed by atoms with Gasteiger partial charge in [-0.05, 0) is 85.9 Å². The quantitative estimate of drug-likeness (QED) is 0.176. The van der Waals surface area contributed by atoms with Gasteiger partial charge in [-0.3, -0.25) is 0 Å². The molecular weight excluding hydrogens is 689 g/mol. The summed E-state index contributed by atoms with van der Waals surface area (Å²) in [5, 5.41) is 0. The van der Waals surface area contributed by atoms with Crippen molar-refractivity contribution in [2.24, 2.45) is 5.92 Å². The van der Waals surface area contributed by atoms with Crippen molar-refractivity contribution in [2.45, 2.75) is 62.7 Å². The fourth-order valence-electron chi connectivity index (χ4n) is 10.9. The minimum absolute atomic E-state index is 0.0777. The van der Waals surface area contributed by atoms with Crippen LogP contribution in [0.3, 0.4) is 0 Å². The number of nitrogens with zero attached hydrogens (tertiary/aromatic N) is 2. The topological polar surface area (TPSA) is 25.8 Å². The second kappa shape index (κ2) is 13.2. The molecule has 0 bridgehead atoms. The summed E-state index contributed by atoms with van der Waals surface area (Å²) in [5.74, 6) is 1.61. The van der Waals surface area contributed by atoms with Crippen LogP contribution in [0.15, 0.2) is 175 Å². The van der Waals surface area contributed by atoms with Gasteiger partial charge in [-0.1, -0.05) is 197 Å². The molecule has 11 rings (SSSR count). The van der Waals surface area contributed by atoms with Crippen molar-refractivity contribution in [3.63, 3.8) is 0 Å². The predicted molar refractivity (Wildman–Crippen MR) is 236 cm³/mol.